The molecule has 1 aromatic carbocycles. The van der Waals surface area contributed by atoms with Crippen molar-refractivity contribution in [1.82, 2.24) is 9.78 Å². The number of carboxylic acids is 1. The molecule has 1 heterocycles. The first-order valence-corrected chi connectivity index (χ1v) is 4.61. The second-order valence-corrected chi connectivity index (χ2v) is 3.22. The molecule has 0 aliphatic rings. The summed E-state index contributed by atoms with van der Waals surface area (Å²) >= 11 is 0. The highest BCUT2D eigenvalue weighted by Gasteiger charge is 2.17. The minimum atomic E-state index is -1.25. The SMILES string of the molecule is N#Cc1c(C(=O)O)cnn1-c1cccc(F)c1. The normalized spacial score (nSPS) is 9.88. The Balaban J connectivity index is 2.62. The number of nitrogens with zero attached hydrogens (tertiary/aromatic N) is 3. The molecule has 2 aromatic rings. The molecule has 0 bridgehead atoms. The van der Waals surface area contributed by atoms with Crippen LogP contribution in [-0.2, 0) is 0 Å². The van der Waals surface area contributed by atoms with E-state index in [1.807, 2.05) is 0 Å². The number of hydrogen-bond acceptors (Lipinski definition) is 3. The van der Waals surface area contributed by atoms with Crippen LogP contribution in [0.4, 0.5) is 4.39 Å². The number of nitriles is 1. The van der Waals surface area contributed by atoms with Gasteiger partial charge in [-0.05, 0) is 18.2 Å². The van der Waals surface area contributed by atoms with Crippen molar-refractivity contribution in [2.24, 2.45) is 0 Å². The van der Waals surface area contributed by atoms with Crippen molar-refractivity contribution < 1.29 is 14.3 Å². The first-order chi connectivity index (χ1) is 8.13. The summed E-state index contributed by atoms with van der Waals surface area (Å²) in [5.74, 6) is -1.73. The zero-order valence-electron chi connectivity index (χ0n) is 8.46. The Morgan fingerprint density at radius 2 is 2.29 bits per heavy atom. The molecule has 0 atom stereocenters. The minimum absolute atomic E-state index is 0.136. The van der Waals surface area contributed by atoms with Crippen molar-refractivity contribution in [2.75, 3.05) is 0 Å². The molecule has 84 valence electrons. The largest absolute Gasteiger partial charge is 0.478 e. The molecule has 0 spiro atoms. The number of benzene rings is 1. The molecule has 0 unspecified atom stereocenters. The van der Waals surface area contributed by atoms with Crippen LogP contribution in [0.2, 0.25) is 0 Å². The third-order valence-electron chi connectivity index (χ3n) is 2.16. The summed E-state index contributed by atoms with van der Waals surface area (Å²) < 4.78 is 14.1. The van der Waals surface area contributed by atoms with Crippen LogP contribution >= 0.6 is 0 Å². The second-order valence-electron chi connectivity index (χ2n) is 3.22. The van der Waals surface area contributed by atoms with Crippen LogP contribution in [0.3, 0.4) is 0 Å². The highest BCUT2D eigenvalue weighted by Crippen LogP contribution is 2.15. The van der Waals surface area contributed by atoms with E-state index in [2.05, 4.69) is 5.10 Å². The van der Waals surface area contributed by atoms with E-state index in [0.29, 0.717) is 5.69 Å². The summed E-state index contributed by atoms with van der Waals surface area (Å²) in [5, 5.41) is 21.5. The first-order valence-electron chi connectivity index (χ1n) is 4.61. The van der Waals surface area contributed by atoms with Gasteiger partial charge in [-0.2, -0.15) is 10.4 Å². The fourth-order valence-corrected chi connectivity index (χ4v) is 1.42. The smallest absolute Gasteiger partial charge is 0.340 e. The lowest BCUT2D eigenvalue weighted by molar-refractivity contribution is 0.0696. The summed E-state index contributed by atoms with van der Waals surface area (Å²) in [6.07, 6.45) is 1.06. The highest BCUT2D eigenvalue weighted by molar-refractivity contribution is 5.89. The van der Waals surface area contributed by atoms with Crippen LogP contribution in [0.25, 0.3) is 5.69 Å². The quantitative estimate of drug-likeness (QED) is 0.850. The van der Waals surface area contributed by atoms with Gasteiger partial charge in [-0.3, -0.25) is 0 Å². The number of aromatic carboxylic acids is 1. The van der Waals surface area contributed by atoms with Crippen LogP contribution in [0.15, 0.2) is 30.5 Å². The first kappa shape index (κ1) is 10.8. The van der Waals surface area contributed by atoms with E-state index in [1.165, 1.54) is 24.3 Å². The molecule has 2 rings (SSSR count). The van der Waals surface area contributed by atoms with Gasteiger partial charge in [-0.15, -0.1) is 0 Å². The molecule has 1 aromatic heterocycles. The van der Waals surface area contributed by atoms with Gasteiger partial charge >= 0.3 is 5.97 Å². The van der Waals surface area contributed by atoms with Crippen molar-refractivity contribution in [1.29, 1.82) is 5.26 Å². The Bertz CT molecular complexity index is 628. The summed E-state index contributed by atoms with van der Waals surface area (Å²) in [5.41, 5.74) is -0.0473. The molecule has 17 heavy (non-hydrogen) atoms. The Morgan fingerprint density at radius 1 is 1.53 bits per heavy atom. The summed E-state index contributed by atoms with van der Waals surface area (Å²) in [6, 6.07) is 7.14. The van der Waals surface area contributed by atoms with E-state index >= 15 is 0 Å². The van der Waals surface area contributed by atoms with Crippen molar-refractivity contribution >= 4 is 5.97 Å². The highest BCUT2D eigenvalue weighted by atomic mass is 19.1. The van der Waals surface area contributed by atoms with Crippen molar-refractivity contribution in [2.45, 2.75) is 0 Å². The lowest BCUT2D eigenvalue weighted by Gasteiger charge is -2.02. The molecule has 0 amide bonds. The molecule has 1 N–H and O–H groups in total. The average molecular weight is 231 g/mol. The molecule has 0 aliphatic carbocycles. The lowest BCUT2D eigenvalue weighted by atomic mass is 10.2. The maximum absolute atomic E-state index is 13.0. The zero-order valence-corrected chi connectivity index (χ0v) is 8.46. The Kier molecular flexibility index (Phi) is 2.58. The van der Waals surface area contributed by atoms with Gasteiger partial charge in [0.05, 0.1) is 11.9 Å². The molecule has 0 saturated carbocycles. The molecule has 0 radical (unpaired) electrons. The molecular weight excluding hydrogens is 225 g/mol. The number of hydrogen-bond donors (Lipinski definition) is 1. The van der Waals surface area contributed by atoms with Crippen molar-refractivity contribution in [3.63, 3.8) is 0 Å². The van der Waals surface area contributed by atoms with Gasteiger partial charge in [0.15, 0.2) is 5.69 Å². The maximum atomic E-state index is 13.0. The number of carboxylic acid groups (broad SMARTS) is 1. The summed E-state index contributed by atoms with van der Waals surface area (Å²) in [7, 11) is 0. The predicted molar refractivity (Wildman–Crippen MR) is 55.2 cm³/mol. The van der Waals surface area contributed by atoms with Gasteiger partial charge in [0, 0.05) is 0 Å². The number of rotatable bonds is 2. The van der Waals surface area contributed by atoms with E-state index in [-0.39, 0.29) is 11.3 Å². The van der Waals surface area contributed by atoms with Crippen LogP contribution in [0, 0.1) is 17.1 Å². The van der Waals surface area contributed by atoms with Gasteiger partial charge in [-0.1, -0.05) is 6.07 Å². The van der Waals surface area contributed by atoms with Crippen LogP contribution in [-0.4, -0.2) is 20.9 Å². The number of aromatic nitrogens is 2. The van der Waals surface area contributed by atoms with Gasteiger partial charge in [-0.25, -0.2) is 13.9 Å². The lowest BCUT2D eigenvalue weighted by Crippen LogP contribution is -2.03. The maximum Gasteiger partial charge on any atom is 0.340 e. The summed E-state index contributed by atoms with van der Waals surface area (Å²) in [4.78, 5) is 10.8. The molecule has 0 fully saturated rings. The number of carbonyl (C=O) groups is 1. The monoisotopic (exact) mass is 231 g/mol. The van der Waals surface area contributed by atoms with Crippen LogP contribution < -0.4 is 0 Å². The fraction of sp³-hybridized carbons (Fsp3) is 0. The van der Waals surface area contributed by atoms with E-state index in [9.17, 15) is 9.18 Å². The van der Waals surface area contributed by atoms with E-state index in [4.69, 9.17) is 10.4 Å². The van der Waals surface area contributed by atoms with E-state index < -0.39 is 11.8 Å². The standard InChI is InChI=1S/C11H6FN3O2/c12-7-2-1-3-8(4-7)15-10(5-13)9(6-14-15)11(16)17/h1-4,6H,(H,16,17). The van der Waals surface area contributed by atoms with E-state index in [0.717, 1.165) is 10.9 Å². The zero-order chi connectivity index (χ0) is 12.4. The molecule has 5 nitrogen and oxygen atoms in total. The topological polar surface area (TPSA) is 78.9 Å². The average Bonchev–Trinajstić information content (AvgIpc) is 2.72. The molecular formula is C11H6FN3O2. The summed E-state index contributed by atoms with van der Waals surface area (Å²) in [6.45, 7) is 0. The Hall–Kier alpha value is -2.68. The molecule has 6 heteroatoms. The van der Waals surface area contributed by atoms with Gasteiger partial charge in [0.2, 0.25) is 0 Å². The van der Waals surface area contributed by atoms with Crippen LogP contribution in [0.1, 0.15) is 16.1 Å². The fourth-order valence-electron chi connectivity index (χ4n) is 1.42. The van der Waals surface area contributed by atoms with Gasteiger partial charge in [0.1, 0.15) is 17.4 Å². The molecule has 0 aliphatic heterocycles. The predicted octanol–water partition coefficient (Wildman–Crippen LogP) is 1.58. The van der Waals surface area contributed by atoms with Crippen molar-refractivity contribution in [3.05, 3.63) is 47.5 Å². The second kappa shape index (κ2) is 4.06. The minimum Gasteiger partial charge on any atom is -0.478 e. The van der Waals surface area contributed by atoms with Crippen molar-refractivity contribution in [3.8, 4) is 11.8 Å². The van der Waals surface area contributed by atoms with Gasteiger partial charge < -0.3 is 5.11 Å². The third-order valence-corrected chi connectivity index (χ3v) is 2.16. The third kappa shape index (κ3) is 1.86. The van der Waals surface area contributed by atoms with E-state index in [1.54, 1.807) is 6.07 Å². The van der Waals surface area contributed by atoms with Crippen LogP contribution in [0.5, 0.6) is 0 Å². The number of halogens is 1. The Labute approximate surface area is 95.3 Å². The molecule has 0 saturated heterocycles. The van der Waals surface area contributed by atoms with Gasteiger partial charge in [0.25, 0.3) is 0 Å². The Morgan fingerprint density at radius 3 is 2.88 bits per heavy atom.